The van der Waals surface area contributed by atoms with Crippen LogP contribution in [0.25, 0.3) is 0 Å². The van der Waals surface area contributed by atoms with E-state index in [2.05, 4.69) is 22.9 Å². The van der Waals surface area contributed by atoms with Gasteiger partial charge in [0, 0.05) is 0 Å². The minimum atomic E-state index is -0.737. The van der Waals surface area contributed by atoms with Crippen molar-refractivity contribution >= 4 is 21.9 Å². The summed E-state index contributed by atoms with van der Waals surface area (Å²) in [6, 6.07) is 0. The van der Waals surface area contributed by atoms with Gasteiger partial charge in [-0.1, -0.05) is 94.0 Å². The second-order valence-electron chi connectivity index (χ2n) is 5.69. The maximum atomic E-state index is 10.8. The molecule has 0 spiro atoms. The number of carboxylic acid groups (broad SMARTS) is 1. The minimum absolute atomic E-state index is 0.228. The van der Waals surface area contributed by atoms with Crippen molar-refractivity contribution < 1.29 is 9.90 Å². The van der Waals surface area contributed by atoms with Gasteiger partial charge in [0.15, 0.2) is 0 Å². The first-order valence-corrected chi connectivity index (χ1v) is 8.88. The Kier molecular flexibility index (Phi) is 12.9. The van der Waals surface area contributed by atoms with Crippen LogP contribution in [0.4, 0.5) is 0 Å². The van der Waals surface area contributed by atoms with Gasteiger partial charge >= 0.3 is 5.97 Å². The maximum Gasteiger partial charge on any atom is 0.317 e. The fraction of sp³-hybridized carbons (Fsp3) is 0.938. The van der Waals surface area contributed by atoms with Gasteiger partial charge in [-0.3, -0.25) is 4.79 Å². The smallest absolute Gasteiger partial charge is 0.317 e. The number of unbranched alkanes of at least 4 members (excludes halogenated alkanes) is 9. The highest BCUT2D eigenvalue weighted by atomic mass is 79.9. The number of halogens is 1. The Bertz CT molecular complexity index is 219. The van der Waals surface area contributed by atoms with Crippen LogP contribution >= 0.6 is 15.9 Å². The highest BCUT2D eigenvalue weighted by Crippen LogP contribution is 2.20. The largest absolute Gasteiger partial charge is 0.480 e. The third-order valence-electron chi connectivity index (χ3n) is 3.75. The van der Waals surface area contributed by atoms with Gasteiger partial charge in [0.05, 0.1) is 0 Å². The van der Waals surface area contributed by atoms with Crippen LogP contribution in [0.2, 0.25) is 0 Å². The Labute approximate surface area is 127 Å². The van der Waals surface area contributed by atoms with Crippen LogP contribution in [0.15, 0.2) is 0 Å². The molecule has 0 rings (SSSR count). The topological polar surface area (TPSA) is 37.3 Å². The van der Waals surface area contributed by atoms with Crippen molar-refractivity contribution in [3.05, 3.63) is 0 Å². The lowest BCUT2D eigenvalue weighted by atomic mass is 9.99. The molecular weight excluding hydrogens is 304 g/mol. The van der Waals surface area contributed by atoms with Gasteiger partial charge in [0.2, 0.25) is 0 Å². The zero-order chi connectivity index (χ0) is 14.5. The number of hydrogen-bond donors (Lipinski definition) is 1. The van der Waals surface area contributed by atoms with Gasteiger partial charge in [-0.25, -0.2) is 0 Å². The first-order valence-electron chi connectivity index (χ1n) is 7.96. The zero-order valence-electron chi connectivity index (χ0n) is 12.7. The molecule has 3 heteroatoms. The molecule has 0 saturated heterocycles. The standard InChI is InChI=1S/C16H31BrO2/c1-3-4-5-6-7-8-9-10-11-12-13-14(2)15(17)16(18)19/h14-15H,3-13H2,1-2H3,(H,18,19)/t14?,15-/m0/s1. The molecule has 1 unspecified atom stereocenters. The quantitative estimate of drug-likeness (QED) is 0.342. The molecule has 0 aliphatic carbocycles. The van der Waals surface area contributed by atoms with Crippen molar-refractivity contribution in [3.63, 3.8) is 0 Å². The number of carbonyl (C=O) groups is 1. The van der Waals surface area contributed by atoms with Gasteiger partial charge in [-0.05, 0) is 12.3 Å². The van der Waals surface area contributed by atoms with E-state index in [4.69, 9.17) is 5.11 Å². The zero-order valence-corrected chi connectivity index (χ0v) is 14.3. The molecule has 0 aliphatic heterocycles. The molecule has 0 heterocycles. The lowest BCUT2D eigenvalue weighted by Crippen LogP contribution is -2.21. The van der Waals surface area contributed by atoms with Crippen LogP contribution in [-0.4, -0.2) is 15.9 Å². The predicted octanol–water partition coefficient (Wildman–Crippen LogP) is 5.78. The fourth-order valence-corrected chi connectivity index (χ4v) is 2.61. The van der Waals surface area contributed by atoms with Crippen molar-refractivity contribution in [1.29, 1.82) is 0 Å². The summed E-state index contributed by atoms with van der Waals surface area (Å²) >= 11 is 3.23. The highest BCUT2D eigenvalue weighted by molar-refractivity contribution is 9.10. The minimum Gasteiger partial charge on any atom is -0.480 e. The lowest BCUT2D eigenvalue weighted by Gasteiger charge is -2.13. The van der Waals surface area contributed by atoms with Crippen LogP contribution in [0.5, 0.6) is 0 Å². The molecule has 0 aromatic heterocycles. The third-order valence-corrected chi connectivity index (χ3v) is 5.04. The monoisotopic (exact) mass is 334 g/mol. The Morgan fingerprint density at radius 1 is 0.947 bits per heavy atom. The summed E-state index contributed by atoms with van der Waals surface area (Å²) in [6.45, 7) is 4.27. The van der Waals surface area contributed by atoms with E-state index in [0.717, 1.165) is 12.8 Å². The number of rotatable bonds is 13. The van der Waals surface area contributed by atoms with E-state index in [1.165, 1.54) is 57.8 Å². The van der Waals surface area contributed by atoms with Gasteiger partial charge in [-0.15, -0.1) is 0 Å². The molecule has 0 aliphatic rings. The van der Waals surface area contributed by atoms with Crippen molar-refractivity contribution in [2.75, 3.05) is 0 Å². The highest BCUT2D eigenvalue weighted by Gasteiger charge is 2.20. The molecule has 19 heavy (non-hydrogen) atoms. The molecule has 0 aromatic rings. The lowest BCUT2D eigenvalue weighted by molar-refractivity contribution is -0.137. The summed E-state index contributed by atoms with van der Waals surface area (Å²) < 4.78 is 0. The molecule has 0 aromatic carbocycles. The van der Waals surface area contributed by atoms with Gasteiger partial charge in [-0.2, -0.15) is 0 Å². The summed E-state index contributed by atoms with van der Waals surface area (Å²) in [5, 5.41) is 8.87. The average molecular weight is 335 g/mol. The average Bonchev–Trinajstić information content (AvgIpc) is 2.39. The third kappa shape index (κ3) is 11.5. The Balaban J connectivity index is 3.25. The predicted molar refractivity (Wildman–Crippen MR) is 86.0 cm³/mol. The molecule has 114 valence electrons. The second-order valence-corrected chi connectivity index (χ2v) is 6.67. The first-order chi connectivity index (χ1) is 9.09. The molecule has 2 atom stereocenters. The summed E-state index contributed by atoms with van der Waals surface area (Å²) in [6.07, 6.45) is 14.3. The van der Waals surface area contributed by atoms with Gasteiger partial charge < -0.3 is 5.11 Å². The summed E-state index contributed by atoms with van der Waals surface area (Å²) in [5.41, 5.74) is 0. The number of alkyl halides is 1. The van der Waals surface area contributed by atoms with Gasteiger partial charge in [0.25, 0.3) is 0 Å². The van der Waals surface area contributed by atoms with Crippen molar-refractivity contribution in [2.24, 2.45) is 5.92 Å². The molecular formula is C16H31BrO2. The van der Waals surface area contributed by atoms with E-state index in [1.807, 2.05) is 6.92 Å². The Hall–Kier alpha value is -0.0500. The van der Waals surface area contributed by atoms with Gasteiger partial charge in [0.1, 0.15) is 4.83 Å². The SMILES string of the molecule is CCCCCCCCCCCCC(C)[C@H](Br)C(=O)O. The molecule has 0 bridgehead atoms. The Morgan fingerprint density at radius 2 is 1.37 bits per heavy atom. The van der Waals surface area contributed by atoms with E-state index < -0.39 is 5.97 Å². The molecule has 0 fully saturated rings. The summed E-state index contributed by atoms with van der Waals surface area (Å²) in [7, 11) is 0. The maximum absolute atomic E-state index is 10.8. The van der Waals surface area contributed by atoms with Crippen LogP contribution < -0.4 is 0 Å². The molecule has 2 nitrogen and oxygen atoms in total. The summed E-state index contributed by atoms with van der Waals surface area (Å²) in [4.78, 5) is 10.4. The van der Waals surface area contributed by atoms with Crippen LogP contribution in [0.3, 0.4) is 0 Å². The number of carboxylic acids is 1. The van der Waals surface area contributed by atoms with E-state index in [0.29, 0.717) is 0 Å². The number of hydrogen-bond acceptors (Lipinski definition) is 1. The summed E-state index contributed by atoms with van der Waals surface area (Å²) in [5.74, 6) is -0.508. The number of aliphatic carboxylic acids is 1. The molecule has 0 saturated carbocycles. The molecule has 1 N–H and O–H groups in total. The van der Waals surface area contributed by atoms with Crippen molar-refractivity contribution in [1.82, 2.24) is 0 Å². The molecule has 0 amide bonds. The van der Waals surface area contributed by atoms with E-state index in [-0.39, 0.29) is 10.7 Å². The van der Waals surface area contributed by atoms with Crippen LogP contribution in [0, 0.1) is 5.92 Å². The molecule has 0 radical (unpaired) electrons. The van der Waals surface area contributed by atoms with Crippen LogP contribution in [-0.2, 0) is 4.79 Å². The Morgan fingerprint density at radius 3 is 1.79 bits per heavy atom. The second kappa shape index (κ2) is 13.0. The van der Waals surface area contributed by atoms with Crippen molar-refractivity contribution in [3.8, 4) is 0 Å². The van der Waals surface area contributed by atoms with E-state index in [9.17, 15) is 4.79 Å². The normalized spacial score (nSPS) is 14.3. The van der Waals surface area contributed by atoms with Crippen molar-refractivity contribution in [2.45, 2.75) is 89.3 Å². The van der Waals surface area contributed by atoms with Crippen LogP contribution in [0.1, 0.15) is 84.5 Å². The van der Waals surface area contributed by atoms with E-state index >= 15 is 0 Å². The van der Waals surface area contributed by atoms with E-state index in [1.54, 1.807) is 0 Å². The fourth-order valence-electron chi connectivity index (χ4n) is 2.34. The first kappa shape index (κ1) is 18.9.